The minimum atomic E-state index is -0.246. The molecular formula is C9H12N4O2. The number of azide groups is 1. The number of furan rings is 1. The Morgan fingerprint density at radius 2 is 2.47 bits per heavy atom. The predicted octanol–water partition coefficient (Wildman–Crippen LogP) is 2.23. The molecule has 0 saturated carbocycles. The Bertz CT molecular complexity index is 379. The van der Waals surface area contributed by atoms with Crippen LogP contribution in [0.15, 0.2) is 21.7 Å². The Balaban J connectivity index is 2.58. The van der Waals surface area contributed by atoms with E-state index in [0.717, 1.165) is 6.42 Å². The highest BCUT2D eigenvalue weighted by atomic mass is 16.4. The van der Waals surface area contributed by atoms with Crippen LogP contribution < -0.4 is 5.32 Å². The summed E-state index contributed by atoms with van der Waals surface area (Å²) < 4.78 is 5.17. The van der Waals surface area contributed by atoms with Gasteiger partial charge in [0.05, 0.1) is 6.54 Å². The van der Waals surface area contributed by atoms with Gasteiger partial charge >= 0.3 is 0 Å². The fourth-order valence-corrected chi connectivity index (χ4v) is 1.01. The van der Waals surface area contributed by atoms with E-state index in [9.17, 15) is 4.79 Å². The van der Waals surface area contributed by atoms with Crippen LogP contribution in [0.4, 0.5) is 0 Å². The first kappa shape index (κ1) is 11.1. The van der Waals surface area contributed by atoms with E-state index in [0.29, 0.717) is 12.3 Å². The molecular weight excluding hydrogens is 196 g/mol. The van der Waals surface area contributed by atoms with Crippen molar-refractivity contribution in [2.45, 2.75) is 19.9 Å². The van der Waals surface area contributed by atoms with Crippen LogP contribution in [-0.2, 0) is 6.54 Å². The average molecular weight is 208 g/mol. The van der Waals surface area contributed by atoms with Crippen molar-refractivity contribution in [2.24, 2.45) is 5.11 Å². The lowest BCUT2D eigenvalue weighted by molar-refractivity contribution is 0.0924. The molecule has 0 fully saturated rings. The van der Waals surface area contributed by atoms with E-state index in [2.05, 4.69) is 15.3 Å². The maximum Gasteiger partial charge on any atom is 0.286 e. The number of rotatable bonds is 5. The lowest BCUT2D eigenvalue weighted by Gasteiger charge is -1.98. The molecule has 1 heterocycles. The molecule has 80 valence electrons. The van der Waals surface area contributed by atoms with Crippen molar-refractivity contribution >= 4 is 5.91 Å². The van der Waals surface area contributed by atoms with Crippen LogP contribution in [0.3, 0.4) is 0 Å². The second-order valence-corrected chi connectivity index (χ2v) is 2.91. The molecule has 0 atom stereocenters. The van der Waals surface area contributed by atoms with Crippen LogP contribution in [0, 0.1) is 0 Å². The molecule has 1 aromatic rings. The third-order valence-corrected chi connectivity index (χ3v) is 1.71. The van der Waals surface area contributed by atoms with Gasteiger partial charge in [0.1, 0.15) is 5.76 Å². The van der Waals surface area contributed by atoms with Gasteiger partial charge in [-0.3, -0.25) is 4.79 Å². The summed E-state index contributed by atoms with van der Waals surface area (Å²) in [6, 6.07) is 3.18. The summed E-state index contributed by atoms with van der Waals surface area (Å²) >= 11 is 0. The summed E-state index contributed by atoms with van der Waals surface area (Å²) in [6.45, 7) is 2.71. The van der Waals surface area contributed by atoms with E-state index in [1.165, 1.54) is 0 Å². The Morgan fingerprint density at radius 1 is 1.67 bits per heavy atom. The molecule has 1 amide bonds. The molecule has 1 N–H and O–H groups in total. The number of hydrogen-bond acceptors (Lipinski definition) is 3. The highest BCUT2D eigenvalue weighted by molar-refractivity contribution is 5.91. The molecule has 0 unspecified atom stereocenters. The number of nitrogens with one attached hydrogen (secondary N) is 1. The van der Waals surface area contributed by atoms with Gasteiger partial charge in [0, 0.05) is 11.5 Å². The molecule has 0 aliphatic heterocycles. The molecule has 0 bridgehead atoms. The predicted molar refractivity (Wildman–Crippen MR) is 54.2 cm³/mol. The van der Waals surface area contributed by atoms with Crippen LogP contribution in [0.1, 0.15) is 29.7 Å². The van der Waals surface area contributed by atoms with E-state index < -0.39 is 0 Å². The molecule has 0 radical (unpaired) electrons. The van der Waals surface area contributed by atoms with Crippen molar-refractivity contribution in [3.8, 4) is 0 Å². The molecule has 6 nitrogen and oxygen atoms in total. The second-order valence-electron chi connectivity index (χ2n) is 2.91. The Morgan fingerprint density at radius 3 is 3.13 bits per heavy atom. The summed E-state index contributed by atoms with van der Waals surface area (Å²) in [5, 5.41) is 6.01. The van der Waals surface area contributed by atoms with Crippen LogP contribution in [0.25, 0.3) is 10.4 Å². The first-order chi connectivity index (χ1) is 7.27. The fraction of sp³-hybridized carbons (Fsp3) is 0.444. The fourth-order valence-electron chi connectivity index (χ4n) is 1.01. The summed E-state index contributed by atoms with van der Waals surface area (Å²) in [4.78, 5) is 14.0. The zero-order valence-corrected chi connectivity index (χ0v) is 8.43. The lowest BCUT2D eigenvalue weighted by Crippen LogP contribution is -2.23. The van der Waals surface area contributed by atoms with Gasteiger partial charge in [-0.1, -0.05) is 12.0 Å². The standard InChI is InChI=1S/C9H12N4O2/c1-2-5-11-9(14)8-4-3-7(15-8)6-12-13-10/h3-4H,2,5-6H2,1H3,(H,11,14). The largest absolute Gasteiger partial charge is 0.456 e. The molecule has 0 spiro atoms. The van der Waals surface area contributed by atoms with Gasteiger partial charge in [0.15, 0.2) is 5.76 Å². The summed E-state index contributed by atoms with van der Waals surface area (Å²) in [5.74, 6) is 0.477. The van der Waals surface area contributed by atoms with Crippen molar-refractivity contribution in [3.05, 3.63) is 34.1 Å². The Labute approximate surface area is 86.9 Å². The van der Waals surface area contributed by atoms with E-state index in [-0.39, 0.29) is 18.2 Å². The first-order valence-corrected chi connectivity index (χ1v) is 4.65. The zero-order valence-electron chi connectivity index (χ0n) is 8.43. The van der Waals surface area contributed by atoms with Crippen molar-refractivity contribution in [1.29, 1.82) is 0 Å². The minimum absolute atomic E-state index is 0.123. The van der Waals surface area contributed by atoms with Gasteiger partial charge in [0.2, 0.25) is 0 Å². The molecule has 0 aliphatic carbocycles. The van der Waals surface area contributed by atoms with Gasteiger partial charge < -0.3 is 9.73 Å². The van der Waals surface area contributed by atoms with Gasteiger partial charge in [-0.25, -0.2) is 0 Å². The Hall–Kier alpha value is -1.94. The van der Waals surface area contributed by atoms with E-state index in [1.54, 1.807) is 12.1 Å². The third-order valence-electron chi connectivity index (χ3n) is 1.71. The summed E-state index contributed by atoms with van der Waals surface area (Å²) in [7, 11) is 0. The normalized spacial score (nSPS) is 9.40. The SMILES string of the molecule is CCCNC(=O)c1ccc(CN=[N+]=[N-])o1. The smallest absolute Gasteiger partial charge is 0.286 e. The maximum absolute atomic E-state index is 11.4. The Kier molecular flexibility index (Phi) is 4.25. The van der Waals surface area contributed by atoms with Gasteiger partial charge in [-0.15, -0.1) is 0 Å². The van der Waals surface area contributed by atoms with Crippen molar-refractivity contribution in [1.82, 2.24) is 5.32 Å². The molecule has 0 saturated heterocycles. The van der Waals surface area contributed by atoms with Gasteiger partial charge in [-0.05, 0) is 24.1 Å². The number of hydrogen-bond donors (Lipinski definition) is 1. The van der Waals surface area contributed by atoms with Gasteiger partial charge in [0.25, 0.3) is 5.91 Å². The molecule has 1 rings (SSSR count). The number of carbonyl (C=O) groups excluding carboxylic acids is 1. The van der Waals surface area contributed by atoms with Crippen LogP contribution >= 0.6 is 0 Å². The number of carbonyl (C=O) groups is 1. The molecule has 6 heteroatoms. The van der Waals surface area contributed by atoms with Crippen molar-refractivity contribution < 1.29 is 9.21 Å². The van der Waals surface area contributed by atoms with Crippen LogP contribution in [-0.4, -0.2) is 12.5 Å². The van der Waals surface area contributed by atoms with E-state index in [4.69, 9.17) is 9.95 Å². The lowest BCUT2D eigenvalue weighted by atomic mass is 10.4. The average Bonchev–Trinajstić information content (AvgIpc) is 2.71. The zero-order chi connectivity index (χ0) is 11.1. The second kappa shape index (κ2) is 5.72. The highest BCUT2D eigenvalue weighted by Gasteiger charge is 2.09. The van der Waals surface area contributed by atoms with Crippen molar-refractivity contribution in [3.63, 3.8) is 0 Å². The van der Waals surface area contributed by atoms with E-state index >= 15 is 0 Å². The maximum atomic E-state index is 11.4. The monoisotopic (exact) mass is 208 g/mol. The third kappa shape index (κ3) is 3.36. The molecule has 0 aromatic carbocycles. The topological polar surface area (TPSA) is 91.0 Å². The molecule has 15 heavy (non-hydrogen) atoms. The van der Waals surface area contributed by atoms with Gasteiger partial charge in [-0.2, -0.15) is 0 Å². The number of nitrogens with zero attached hydrogens (tertiary/aromatic N) is 3. The number of amides is 1. The summed E-state index contributed by atoms with van der Waals surface area (Å²) in [6.07, 6.45) is 0.873. The summed E-state index contributed by atoms with van der Waals surface area (Å²) in [5.41, 5.74) is 8.10. The quantitative estimate of drug-likeness (QED) is 0.456. The highest BCUT2D eigenvalue weighted by Crippen LogP contribution is 2.08. The molecule has 1 aromatic heterocycles. The van der Waals surface area contributed by atoms with Crippen LogP contribution in [0.2, 0.25) is 0 Å². The first-order valence-electron chi connectivity index (χ1n) is 4.65. The van der Waals surface area contributed by atoms with E-state index in [1.807, 2.05) is 6.92 Å². The van der Waals surface area contributed by atoms with Crippen LogP contribution in [0.5, 0.6) is 0 Å². The minimum Gasteiger partial charge on any atom is -0.456 e. The molecule has 0 aliphatic rings. The van der Waals surface area contributed by atoms with Crippen molar-refractivity contribution in [2.75, 3.05) is 6.54 Å².